The lowest BCUT2D eigenvalue weighted by Crippen LogP contribution is -2.10. The average Bonchev–Trinajstić information content (AvgIpc) is 2.33. The molecule has 0 spiro atoms. The summed E-state index contributed by atoms with van der Waals surface area (Å²) in [6, 6.07) is 7.93. The Morgan fingerprint density at radius 3 is 3.00 bits per heavy atom. The number of hydrogen-bond acceptors (Lipinski definition) is 2. The van der Waals surface area contributed by atoms with Crippen molar-refractivity contribution < 1.29 is 4.74 Å². The molecule has 1 rings (SSSR count). The van der Waals surface area contributed by atoms with Gasteiger partial charge in [-0.1, -0.05) is 19.1 Å². The molecule has 1 unspecified atom stereocenters. The molecule has 86 valence electrons. The number of terminal acetylenes is 1. The summed E-state index contributed by atoms with van der Waals surface area (Å²) < 4.78 is 5.55. The Bertz CT molecular complexity index is 354. The molecule has 0 heterocycles. The second-order valence-electron chi connectivity index (χ2n) is 3.77. The molecule has 2 heteroatoms. The van der Waals surface area contributed by atoms with Crippen molar-refractivity contribution in [3.8, 4) is 18.1 Å². The van der Waals surface area contributed by atoms with E-state index in [1.54, 1.807) is 0 Å². The highest BCUT2D eigenvalue weighted by molar-refractivity contribution is 5.30. The van der Waals surface area contributed by atoms with Crippen molar-refractivity contribution in [3.63, 3.8) is 0 Å². The molecule has 0 amide bonds. The molecule has 0 aliphatic rings. The minimum absolute atomic E-state index is 0.00114. The van der Waals surface area contributed by atoms with Crippen LogP contribution in [0.4, 0.5) is 0 Å². The van der Waals surface area contributed by atoms with Gasteiger partial charge in [-0.2, -0.15) is 0 Å². The second kappa shape index (κ2) is 6.92. The van der Waals surface area contributed by atoms with Gasteiger partial charge < -0.3 is 10.5 Å². The van der Waals surface area contributed by atoms with Gasteiger partial charge in [-0.05, 0) is 30.5 Å². The van der Waals surface area contributed by atoms with Gasteiger partial charge in [0.15, 0.2) is 0 Å². The number of hydrogen-bond donors (Lipinski definition) is 1. The molecule has 1 aromatic rings. The third-order valence-electron chi connectivity index (χ3n) is 2.36. The van der Waals surface area contributed by atoms with Gasteiger partial charge in [0.2, 0.25) is 0 Å². The normalized spacial score (nSPS) is 11.8. The quantitative estimate of drug-likeness (QED) is 0.744. The molecule has 1 atom stereocenters. The molecule has 2 N–H and O–H groups in total. The number of ether oxygens (including phenoxy) is 1. The van der Waals surface area contributed by atoms with Gasteiger partial charge in [0.1, 0.15) is 5.75 Å². The Kier molecular flexibility index (Phi) is 5.45. The first kappa shape index (κ1) is 12.6. The lowest BCUT2D eigenvalue weighted by atomic mass is 10.0. The SMILES string of the molecule is C#CCCC(N)c1cccc(OCCC)c1. The van der Waals surface area contributed by atoms with Crippen LogP contribution >= 0.6 is 0 Å². The third-order valence-corrected chi connectivity index (χ3v) is 2.36. The summed E-state index contributed by atoms with van der Waals surface area (Å²) in [4.78, 5) is 0. The van der Waals surface area contributed by atoms with E-state index in [2.05, 4.69) is 12.8 Å². The second-order valence-corrected chi connectivity index (χ2v) is 3.77. The first-order valence-electron chi connectivity index (χ1n) is 5.69. The van der Waals surface area contributed by atoms with Crippen LogP contribution in [0.1, 0.15) is 37.8 Å². The predicted molar refractivity (Wildman–Crippen MR) is 67.2 cm³/mol. The zero-order valence-electron chi connectivity index (χ0n) is 9.78. The third kappa shape index (κ3) is 3.96. The maximum Gasteiger partial charge on any atom is 0.119 e. The van der Waals surface area contributed by atoms with Crippen molar-refractivity contribution in [1.29, 1.82) is 0 Å². The zero-order chi connectivity index (χ0) is 11.8. The fraction of sp³-hybridized carbons (Fsp3) is 0.429. The molecular formula is C14H19NO. The minimum atomic E-state index is 0.00114. The Hall–Kier alpha value is -1.46. The summed E-state index contributed by atoms with van der Waals surface area (Å²) >= 11 is 0. The molecule has 0 fully saturated rings. The topological polar surface area (TPSA) is 35.2 Å². The highest BCUT2D eigenvalue weighted by atomic mass is 16.5. The largest absolute Gasteiger partial charge is 0.494 e. The Balaban J connectivity index is 2.62. The van der Waals surface area contributed by atoms with E-state index in [9.17, 15) is 0 Å². The summed E-state index contributed by atoms with van der Waals surface area (Å²) in [6.07, 6.45) is 7.75. The van der Waals surface area contributed by atoms with Crippen LogP contribution in [0.5, 0.6) is 5.75 Å². The number of benzene rings is 1. The highest BCUT2D eigenvalue weighted by Crippen LogP contribution is 2.20. The summed E-state index contributed by atoms with van der Waals surface area (Å²) in [5, 5.41) is 0. The molecule has 0 saturated carbocycles. The van der Waals surface area contributed by atoms with Crippen LogP contribution < -0.4 is 10.5 Å². The van der Waals surface area contributed by atoms with Crippen LogP contribution in [0, 0.1) is 12.3 Å². The monoisotopic (exact) mass is 217 g/mol. The molecule has 0 aromatic heterocycles. The molecular weight excluding hydrogens is 198 g/mol. The number of rotatable bonds is 6. The van der Waals surface area contributed by atoms with E-state index in [-0.39, 0.29) is 6.04 Å². The fourth-order valence-electron chi connectivity index (χ4n) is 1.46. The van der Waals surface area contributed by atoms with Gasteiger partial charge in [-0.3, -0.25) is 0 Å². The standard InChI is InChI=1S/C14H19NO/c1-3-5-9-14(15)12-7-6-8-13(11-12)16-10-4-2/h1,6-8,11,14H,4-5,9-10,15H2,2H3. The first-order chi connectivity index (χ1) is 7.77. The van der Waals surface area contributed by atoms with E-state index in [4.69, 9.17) is 16.9 Å². The van der Waals surface area contributed by atoms with Crippen LogP contribution in [0.25, 0.3) is 0 Å². The van der Waals surface area contributed by atoms with Gasteiger partial charge in [-0.15, -0.1) is 12.3 Å². The molecule has 1 aromatic carbocycles. The highest BCUT2D eigenvalue weighted by Gasteiger charge is 2.05. The van der Waals surface area contributed by atoms with Crippen LogP contribution in [0.3, 0.4) is 0 Å². The predicted octanol–water partition coefficient (Wildman–Crippen LogP) is 2.89. The van der Waals surface area contributed by atoms with Crippen molar-refractivity contribution in [3.05, 3.63) is 29.8 Å². The smallest absolute Gasteiger partial charge is 0.119 e. The first-order valence-corrected chi connectivity index (χ1v) is 5.69. The maximum atomic E-state index is 6.03. The van der Waals surface area contributed by atoms with Gasteiger partial charge in [-0.25, -0.2) is 0 Å². The van der Waals surface area contributed by atoms with Crippen LogP contribution in [0.15, 0.2) is 24.3 Å². The van der Waals surface area contributed by atoms with E-state index in [1.807, 2.05) is 24.3 Å². The Labute approximate surface area is 97.8 Å². The van der Waals surface area contributed by atoms with Gasteiger partial charge in [0, 0.05) is 12.5 Å². The van der Waals surface area contributed by atoms with Gasteiger partial charge >= 0.3 is 0 Å². The number of nitrogens with two attached hydrogens (primary N) is 1. The maximum absolute atomic E-state index is 6.03. The summed E-state index contributed by atoms with van der Waals surface area (Å²) in [5.41, 5.74) is 7.11. The van der Waals surface area contributed by atoms with E-state index in [0.29, 0.717) is 6.42 Å². The van der Waals surface area contributed by atoms with E-state index < -0.39 is 0 Å². The average molecular weight is 217 g/mol. The molecule has 16 heavy (non-hydrogen) atoms. The summed E-state index contributed by atoms with van der Waals surface area (Å²) in [5.74, 6) is 3.49. The van der Waals surface area contributed by atoms with Crippen molar-refractivity contribution in [2.45, 2.75) is 32.2 Å². The Morgan fingerprint density at radius 2 is 2.31 bits per heavy atom. The van der Waals surface area contributed by atoms with E-state index >= 15 is 0 Å². The van der Waals surface area contributed by atoms with E-state index in [0.717, 1.165) is 30.8 Å². The van der Waals surface area contributed by atoms with Crippen molar-refractivity contribution in [2.24, 2.45) is 5.73 Å². The van der Waals surface area contributed by atoms with Crippen LogP contribution in [0.2, 0.25) is 0 Å². The van der Waals surface area contributed by atoms with Crippen molar-refractivity contribution in [2.75, 3.05) is 6.61 Å². The van der Waals surface area contributed by atoms with Crippen LogP contribution in [-0.2, 0) is 0 Å². The van der Waals surface area contributed by atoms with Crippen molar-refractivity contribution in [1.82, 2.24) is 0 Å². The van der Waals surface area contributed by atoms with Gasteiger partial charge in [0.05, 0.1) is 6.61 Å². The zero-order valence-corrected chi connectivity index (χ0v) is 9.78. The van der Waals surface area contributed by atoms with Gasteiger partial charge in [0.25, 0.3) is 0 Å². The lowest BCUT2D eigenvalue weighted by Gasteiger charge is -2.12. The Morgan fingerprint density at radius 1 is 1.50 bits per heavy atom. The molecule has 2 nitrogen and oxygen atoms in total. The lowest BCUT2D eigenvalue weighted by molar-refractivity contribution is 0.317. The summed E-state index contributed by atoms with van der Waals surface area (Å²) in [6.45, 7) is 2.82. The fourth-order valence-corrected chi connectivity index (χ4v) is 1.46. The molecule has 0 radical (unpaired) electrons. The van der Waals surface area contributed by atoms with Crippen LogP contribution in [-0.4, -0.2) is 6.61 Å². The molecule has 0 aliphatic carbocycles. The minimum Gasteiger partial charge on any atom is -0.494 e. The summed E-state index contributed by atoms with van der Waals surface area (Å²) in [7, 11) is 0. The molecule has 0 aliphatic heterocycles. The van der Waals surface area contributed by atoms with Crippen molar-refractivity contribution >= 4 is 0 Å². The molecule has 0 bridgehead atoms. The molecule has 0 saturated heterocycles. The van der Waals surface area contributed by atoms with E-state index in [1.165, 1.54) is 0 Å².